The molecule has 0 aliphatic heterocycles. The third-order valence-electron chi connectivity index (χ3n) is 2.78. The minimum absolute atomic E-state index is 0.557. The Labute approximate surface area is 126 Å². The SMILES string of the molecule is Clc1ccc(-c2noc(CCNc3cnccn3)n2)cc1. The number of hydrogen-bond acceptors (Lipinski definition) is 6. The molecule has 0 radical (unpaired) electrons. The Bertz CT molecular complexity index is 699. The molecule has 21 heavy (non-hydrogen) atoms. The van der Waals surface area contributed by atoms with E-state index in [4.69, 9.17) is 16.1 Å². The Morgan fingerprint density at radius 3 is 2.76 bits per heavy atom. The van der Waals surface area contributed by atoms with Crippen molar-refractivity contribution in [3.8, 4) is 11.4 Å². The lowest BCUT2D eigenvalue weighted by Gasteiger charge is -2.01. The summed E-state index contributed by atoms with van der Waals surface area (Å²) in [6.45, 7) is 0.640. The predicted molar refractivity (Wildman–Crippen MR) is 79.0 cm³/mol. The highest BCUT2D eigenvalue weighted by molar-refractivity contribution is 6.30. The maximum Gasteiger partial charge on any atom is 0.228 e. The predicted octanol–water partition coefficient (Wildman–Crippen LogP) is 2.83. The number of aromatic nitrogens is 4. The molecule has 0 saturated carbocycles. The second-order valence-electron chi connectivity index (χ2n) is 4.29. The largest absolute Gasteiger partial charge is 0.368 e. The molecule has 1 aromatic carbocycles. The normalized spacial score (nSPS) is 10.5. The molecule has 0 fully saturated rings. The van der Waals surface area contributed by atoms with Crippen molar-refractivity contribution in [3.63, 3.8) is 0 Å². The van der Waals surface area contributed by atoms with E-state index in [1.807, 2.05) is 12.1 Å². The van der Waals surface area contributed by atoms with Crippen LogP contribution in [-0.2, 0) is 6.42 Å². The number of anilines is 1. The molecule has 0 amide bonds. The molecule has 1 N–H and O–H groups in total. The first kappa shape index (κ1) is 13.5. The van der Waals surface area contributed by atoms with Crippen molar-refractivity contribution in [1.82, 2.24) is 20.1 Å². The summed E-state index contributed by atoms with van der Waals surface area (Å²) in [5.74, 6) is 1.84. The molecule has 3 aromatic rings. The van der Waals surface area contributed by atoms with Crippen LogP contribution < -0.4 is 5.32 Å². The second kappa shape index (κ2) is 6.32. The molecule has 0 atom stereocenters. The van der Waals surface area contributed by atoms with Gasteiger partial charge in [-0.2, -0.15) is 4.98 Å². The van der Waals surface area contributed by atoms with E-state index in [0.717, 1.165) is 11.4 Å². The zero-order valence-electron chi connectivity index (χ0n) is 11.0. The Morgan fingerprint density at radius 2 is 2.00 bits per heavy atom. The molecule has 106 valence electrons. The number of benzene rings is 1. The molecule has 0 unspecified atom stereocenters. The van der Waals surface area contributed by atoms with Crippen molar-refractivity contribution in [2.75, 3.05) is 11.9 Å². The monoisotopic (exact) mass is 301 g/mol. The number of rotatable bonds is 5. The molecule has 0 bridgehead atoms. The Hall–Kier alpha value is -2.47. The Morgan fingerprint density at radius 1 is 1.14 bits per heavy atom. The lowest BCUT2D eigenvalue weighted by atomic mass is 10.2. The summed E-state index contributed by atoms with van der Waals surface area (Å²) < 4.78 is 5.22. The molecule has 2 heterocycles. The summed E-state index contributed by atoms with van der Waals surface area (Å²) in [7, 11) is 0. The van der Waals surface area contributed by atoms with Crippen LogP contribution in [0.25, 0.3) is 11.4 Å². The van der Waals surface area contributed by atoms with Gasteiger partial charge in [0.25, 0.3) is 0 Å². The van der Waals surface area contributed by atoms with Crippen LogP contribution in [0.2, 0.25) is 5.02 Å². The van der Waals surface area contributed by atoms with Gasteiger partial charge in [-0.25, -0.2) is 4.98 Å². The molecule has 2 aromatic heterocycles. The molecule has 0 aliphatic rings. The zero-order chi connectivity index (χ0) is 14.5. The number of halogens is 1. The summed E-state index contributed by atoms with van der Waals surface area (Å²) >= 11 is 5.85. The van der Waals surface area contributed by atoms with Crippen molar-refractivity contribution >= 4 is 17.4 Å². The average molecular weight is 302 g/mol. The standard InChI is InChI=1S/C14H12ClN5O/c15-11-3-1-10(2-4-11)14-19-13(21-20-14)5-6-17-12-9-16-7-8-18-12/h1-4,7-9H,5-6H2,(H,17,18). The van der Waals surface area contributed by atoms with E-state index in [0.29, 0.717) is 29.7 Å². The van der Waals surface area contributed by atoms with Gasteiger partial charge in [-0.15, -0.1) is 0 Å². The molecule has 0 spiro atoms. The maximum atomic E-state index is 5.85. The average Bonchev–Trinajstić information content (AvgIpc) is 2.98. The maximum absolute atomic E-state index is 5.85. The summed E-state index contributed by atoms with van der Waals surface area (Å²) in [5.41, 5.74) is 0.872. The van der Waals surface area contributed by atoms with Gasteiger partial charge in [0.1, 0.15) is 5.82 Å². The first-order valence-corrected chi connectivity index (χ1v) is 6.77. The van der Waals surface area contributed by atoms with Crippen LogP contribution in [0.4, 0.5) is 5.82 Å². The fourth-order valence-electron chi connectivity index (χ4n) is 1.76. The smallest absolute Gasteiger partial charge is 0.228 e. The summed E-state index contributed by atoms with van der Waals surface area (Å²) in [5, 5.41) is 7.76. The fourth-order valence-corrected chi connectivity index (χ4v) is 1.89. The van der Waals surface area contributed by atoms with Crippen LogP contribution in [0, 0.1) is 0 Å². The van der Waals surface area contributed by atoms with E-state index in [1.54, 1.807) is 30.7 Å². The van der Waals surface area contributed by atoms with Crippen LogP contribution in [-0.4, -0.2) is 26.7 Å². The van der Waals surface area contributed by atoms with Gasteiger partial charge in [0.15, 0.2) is 0 Å². The van der Waals surface area contributed by atoms with Crippen LogP contribution in [0.5, 0.6) is 0 Å². The first-order valence-electron chi connectivity index (χ1n) is 6.40. The van der Waals surface area contributed by atoms with Crippen LogP contribution in [0.3, 0.4) is 0 Å². The molecular formula is C14H12ClN5O. The minimum atomic E-state index is 0.557. The fraction of sp³-hybridized carbons (Fsp3) is 0.143. The Balaban J connectivity index is 1.59. The highest BCUT2D eigenvalue weighted by atomic mass is 35.5. The number of nitrogens with zero attached hydrogens (tertiary/aromatic N) is 4. The highest BCUT2D eigenvalue weighted by Gasteiger charge is 2.08. The summed E-state index contributed by atoms with van der Waals surface area (Å²) in [6, 6.07) is 7.30. The van der Waals surface area contributed by atoms with E-state index in [-0.39, 0.29) is 0 Å². The van der Waals surface area contributed by atoms with Crippen molar-refractivity contribution < 1.29 is 4.52 Å². The molecule has 6 nitrogen and oxygen atoms in total. The second-order valence-corrected chi connectivity index (χ2v) is 4.72. The van der Waals surface area contributed by atoms with Crippen molar-refractivity contribution in [2.24, 2.45) is 0 Å². The van der Waals surface area contributed by atoms with Gasteiger partial charge in [0.2, 0.25) is 11.7 Å². The van der Waals surface area contributed by atoms with E-state index in [1.165, 1.54) is 0 Å². The first-order chi connectivity index (χ1) is 10.3. The quantitative estimate of drug-likeness (QED) is 0.781. The van der Waals surface area contributed by atoms with E-state index < -0.39 is 0 Å². The van der Waals surface area contributed by atoms with Crippen LogP contribution in [0.1, 0.15) is 5.89 Å². The Kier molecular flexibility index (Phi) is 4.07. The summed E-state index contributed by atoms with van der Waals surface area (Å²) in [6.07, 6.45) is 5.53. The van der Waals surface area contributed by atoms with Crippen molar-refractivity contribution in [3.05, 3.63) is 53.8 Å². The molecule has 0 aliphatic carbocycles. The van der Waals surface area contributed by atoms with Gasteiger partial charge in [-0.3, -0.25) is 4.98 Å². The van der Waals surface area contributed by atoms with Crippen molar-refractivity contribution in [2.45, 2.75) is 6.42 Å². The third kappa shape index (κ3) is 3.55. The van der Waals surface area contributed by atoms with Gasteiger partial charge in [0, 0.05) is 35.9 Å². The number of hydrogen-bond donors (Lipinski definition) is 1. The molecule has 7 heteroatoms. The van der Waals surface area contributed by atoms with Gasteiger partial charge >= 0.3 is 0 Å². The summed E-state index contributed by atoms with van der Waals surface area (Å²) in [4.78, 5) is 12.4. The van der Waals surface area contributed by atoms with Crippen LogP contribution >= 0.6 is 11.6 Å². The van der Waals surface area contributed by atoms with Gasteiger partial charge in [0.05, 0.1) is 6.20 Å². The topological polar surface area (TPSA) is 76.7 Å². The van der Waals surface area contributed by atoms with E-state index in [2.05, 4.69) is 25.4 Å². The van der Waals surface area contributed by atoms with Gasteiger partial charge < -0.3 is 9.84 Å². The third-order valence-corrected chi connectivity index (χ3v) is 3.03. The van der Waals surface area contributed by atoms with E-state index in [9.17, 15) is 0 Å². The zero-order valence-corrected chi connectivity index (χ0v) is 11.8. The van der Waals surface area contributed by atoms with Gasteiger partial charge in [-0.05, 0) is 24.3 Å². The lowest BCUT2D eigenvalue weighted by molar-refractivity contribution is 0.381. The molecular weight excluding hydrogens is 290 g/mol. The molecule has 3 rings (SSSR count). The minimum Gasteiger partial charge on any atom is -0.368 e. The lowest BCUT2D eigenvalue weighted by Crippen LogP contribution is -2.06. The highest BCUT2D eigenvalue weighted by Crippen LogP contribution is 2.18. The van der Waals surface area contributed by atoms with E-state index >= 15 is 0 Å². The van der Waals surface area contributed by atoms with Crippen molar-refractivity contribution in [1.29, 1.82) is 0 Å². The number of nitrogens with one attached hydrogen (secondary N) is 1. The molecule has 0 saturated heterocycles. The van der Waals surface area contributed by atoms with Crippen LogP contribution in [0.15, 0.2) is 47.4 Å². The van der Waals surface area contributed by atoms with Gasteiger partial charge in [-0.1, -0.05) is 16.8 Å².